The average molecular weight is 355 g/mol. The summed E-state index contributed by atoms with van der Waals surface area (Å²) in [5.74, 6) is 0.744. The van der Waals surface area contributed by atoms with Crippen LogP contribution in [0.1, 0.15) is 34.7 Å². The van der Waals surface area contributed by atoms with Gasteiger partial charge in [-0.05, 0) is 38.1 Å². The summed E-state index contributed by atoms with van der Waals surface area (Å²) in [7, 11) is 0. The highest BCUT2D eigenvalue weighted by molar-refractivity contribution is 6.05. The van der Waals surface area contributed by atoms with Gasteiger partial charge in [0.15, 0.2) is 11.5 Å². The molecule has 1 aliphatic heterocycles. The first kappa shape index (κ1) is 17.7. The molecular weight excluding hydrogens is 334 g/mol. The van der Waals surface area contributed by atoms with Crippen molar-refractivity contribution in [2.45, 2.75) is 13.8 Å². The van der Waals surface area contributed by atoms with Crippen LogP contribution in [0.15, 0.2) is 36.5 Å². The van der Waals surface area contributed by atoms with Crippen LogP contribution in [-0.2, 0) is 0 Å². The van der Waals surface area contributed by atoms with Crippen LogP contribution in [0, 0.1) is 0 Å². The Morgan fingerprint density at radius 3 is 2.54 bits per heavy atom. The number of hydrogen-bond acceptors (Lipinski definition) is 5. The van der Waals surface area contributed by atoms with Gasteiger partial charge in [-0.3, -0.25) is 14.6 Å². The van der Waals surface area contributed by atoms with E-state index in [9.17, 15) is 9.59 Å². The van der Waals surface area contributed by atoms with Gasteiger partial charge in [0, 0.05) is 36.6 Å². The van der Waals surface area contributed by atoms with Gasteiger partial charge in [-0.2, -0.15) is 0 Å². The fraction of sp³-hybridized carbons (Fsp3) is 0.316. The van der Waals surface area contributed by atoms with E-state index in [2.05, 4.69) is 10.3 Å². The molecule has 0 bridgehead atoms. The molecular formula is C19H21N3O4. The fourth-order valence-corrected chi connectivity index (χ4v) is 2.69. The summed E-state index contributed by atoms with van der Waals surface area (Å²) in [6, 6.07) is 8.30. The van der Waals surface area contributed by atoms with Crippen molar-refractivity contribution < 1.29 is 19.1 Å². The van der Waals surface area contributed by atoms with E-state index in [0.29, 0.717) is 49.1 Å². The summed E-state index contributed by atoms with van der Waals surface area (Å²) in [6.45, 7) is 5.97. The van der Waals surface area contributed by atoms with Crippen LogP contribution in [0.4, 0.5) is 5.69 Å². The molecule has 2 amide bonds. The molecule has 0 saturated heterocycles. The smallest absolute Gasteiger partial charge is 0.272 e. The van der Waals surface area contributed by atoms with Gasteiger partial charge in [0.2, 0.25) is 0 Å². The Hall–Kier alpha value is -3.09. The van der Waals surface area contributed by atoms with Crippen molar-refractivity contribution >= 4 is 17.5 Å². The summed E-state index contributed by atoms with van der Waals surface area (Å²) in [5, 5.41) is 2.80. The van der Waals surface area contributed by atoms with Crippen molar-refractivity contribution in [3.63, 3.8) is 0 Å². The predicted molar refractivity (Wildman–Crippen MR) is 96.9 cm³/mol. The van der Waals surface area contributed by atoms with Crippen LogP contribution in [0.5, 0.6) is 11.5 Å². The molecule has 136 valence electrons. The molecule has 7 heteroatoms. The number of nitrogens with one attached hydrogen (secondary N) is 1. The maximum atomic E-state index is 12.5. The second kappa shape index (κ2) is 7.86. The molecule has 0 fully saturated rings. The number of rotatable bonds is 5. The third-order valence-electron chi connectivity index (χ3n) is 4.09. The Labute approximate surface area is 151 Å². The number of carbonyl (C=O) groups is 2. The van der Waals surface area contributed by atoms with Crippen LogP contribution >= 0.6 is 0 Å². The molecule has 1 N–H and O–H groups in total. The lowest BCUT2D eigenvalue weighted by Gasteiger charge is -2.19. The Bertz CT molecular complexity index is 818. The van der Waals surface area contributed by atoms with Gasteiger partial charge in [0.25, 0.3) is 11.8 Å². The number of fused-ring (bicyclic) bond motifs is 1. The number of pyridine rings is 1. The highest BCUT2D eigenvalue weighted by atomic mass is 16.6. The molecule has 1 aromatic heterocycles. The van der Waals surface area contributed by atoms with Crippen LogP contribution in [0.3, 0.4) is 0 Å². The van der Waals surface area contributed by atoms with Gasteiger partial charge < -0.3 is 19.7 Å². The second-order valence-electron chi connectivity index (χ2n) is 5.72. The van der Waals surface area contributed by atoms with Gasteiger partial charge in [-0.15, -0.1) is 0 Å². The van der Waals surface area contributed by atoms with Gasteiger partial charge >= 0.3 is 0 Å². The van der Waals surface area contributed by atoms with Crippen molar-refractivity contribution in [2.24, 2.45) is 0 Å². The lowest BCUT2D eigenvalue weighted by atomic mass is 10.2. The highest BCUT2D eigenvalue weighted by Gasteiger charge is 2.17. The molecule has 7 nitrogen and oxygen atoms in total. The molecule has 2 aromatic rings. The molecule has 1 aliphatic rings. The highest BCUT2D eigenvalue weighted by Crippen LogP contribution is 2.32. The molecule has 0 unspecified atom stereocenters. The minimum absolute atomic E-state index is 0.191. The zero-order valence-electron chi connectivity index (χ0n) is 14.8. The number of anilines is 1. The molecule has 2 heterocycles. The summed E-state index contributed by atoms with van der Waals surface area (Å²) >= 11 is 0. The van der Waals surface area contributed by atoms with Crippen LogP contribution in [0.25, 0.3) is 0 Å². The molecule has 0 atom stereocenters. The Kier molecular flexibility index (Phi) is 5.36. The largest absolute Gasteiger partial charge is 0.486 e. The van der Waals surface area contributed by atoms with Gasteiger partial charge in [0.1, 0.15) is 18.9 Å². The summed E-state index contributed by atoms with van der Waals surface area (Å²) in [4.78, 5) is 30.7. The Morgan fingerprint density at radius 2 is 1.81 bits per heavy atom. The van der Waals surface area contributed by atoms with E-state index in [1.165, 1.54) is 12.3 Å². The molecule has 1 aromatic carbocycles. The SMILES string of the molecule is CCN(CC)C(=O)c1cc(C(=O)Nc2ccc3c(c2)OCCO3)ccn1. The zero-order chi connectivity index (χ0) is 18.5. The van der Waals surface area contributed by atoms with E-state index in [0.717, 1.165) is 0 Å². The predicted octanol–water partition coefficient (Wildman–Crippen LogP) is 2.59. The van der Waals surface area contributed by atoms with Crippen molar-refractivity contribution in [3.05, 3.63) is 47.8 Å². The van der Waals surface area contributed by atoms with Crippen LogP contribution in [0.2, 0.25) is 0 Å². The van der Waals surface area contributed by atoms with Crippen molar-refractivity contribution in [1.82, 2.24) is 9.88 Å². The lowest BCUT2D eigenvalue weighted by molar-refractivity contribution is 0.0767. The molecule has 26 heavy (non-hydrogen) atoms. The zero-order valence-corrected chi connectivity index (χ0v) is 14.8. The number of aromatic nitrogens is 1. The van der Waals surface area contributed by atoms with E-state index in [4.69, 9.17) is 9.47 Å². The number of benzene rings is 1. The third kappa shape index (κ3) is 3.77. The molecule has 3 rings (SSSR count). The first-order chi connectivity index (χ1) is 12.6. The third-order valence-corrected chi connectivity index (χ3v) is 4.09. The Balaban J connectivity index is 1.76. The van der Waals surface area contributed by atoms with Crippen molar-refractivity contribution in [3.8, 4) is 11.5 Å². The minimum atomic E-state index is -0.322. The van der Waals surface area contributed by atoms with Gasteiger partial charge in [-0.1, -0.05) is 0 Å². The second-order valence-corrected chi connectivity index (χ2v) is 5.72. The summed E-state index contributed by atoms with van der Waals surface area (Å²) < 4.78 is 11.0. The Morgan fingerprint density at radius 1 is 1.08 bits per heavy atom. The fourth-order valence-electron chi connectivity index (χ4n) is 2.69. The first-order valence-electron chi connectivity index (χ1n) is 8.58. The number of amides is 2. The quantitative estimate of drug-likeness (QED) is 0.892. The van der Waals surface area contributed by atoms with Crippen molar-refractivity contribution in [1.29, 1.82) is 0 Å². The standard InChI is InChI=1S/C19H21N3O4/c1-3-22(4-2)19(24)15-11-13(7-8-20-15)18(23)21-14-5-6-16-17(12-14)26-10-9-25-16/h5-8,11-12H,3-4,9-10H2,1-2H3,(H,21,23). The van der Waals surface area contributed by atoms with Gasteiger partial charge in [0.05, 0.1) is 0 Å². The van der Waals surface area contributed by atoms with E-state index in [-0.39, 0.29) is 17.5 Å². The topological polar surface area (TPSA) is 80.8 Å². The average Bonchev–Trinajstić information content (AvgIpc) is 2.69. The normalized spacial score (nSPS) is 12.4. The summed E-state index contributed by atoms with van der Waals surface area (Å²) in [5.41, 5.74) is 1.21. The first-order valence-corrected chi connectivity index (χ1v) is 8.58. The van der Waals surface area contributed by atoms with Crippen LogP contribution in [-0.4, -0.2) is 48.0 Å². The summed E-state index contributed by atoms with van der Waals surface area (Å²) in [6.07, 6.45) is 1.47. The maximum absolute atomic E-state index is 12.5. The van der Waals surface area contributed by atoms with E-state index >= 15 is 0 Å². The van der Waals surface area contributed by atoms with E-state index in [1.807, 2.05) is 13.8 Å². The number of ether oxygens (including phenoxy) is 2. The van der Waals surface area contributed by atoms with Crippen LogP contribution < -0.4 is 14.8 Å². The maximum Gasteiger partial charge on any atom is 0.272 e. The minimum Gasteiger partial charge on any atom is -0.486 e. The van der Waals surface area contributed by atoms with Gasteiger partial charge in [-0.25, -0.2) is 0 Å². The lowest BCUT2D eigenvalue weighted by Crippen LogP contribution is -2.31. The molecule has 0 saturated carbocycles. The van der Waals surface area contributed by atoms with Crippen molar-refractivity contribution in [2.75, 3.05) is 31.6 Å². The monoisotopic (exact) mass is 355 g/mol. The molecule has 0 aliphatic carbocycles. The number of carbonyl (C=O) groups excluding carboxylic acids is 2. The number of hydrogen-bond donors (Lipinski definition) is 1. The molecule has 0 spiro atoms. The number of nitrogens with zero attached hydrogens (tertiary/aromatic N) is 2. The molecule has 0 radical (unpaired) electrons. The van der Waals surface area contributed by atoms with E-state index < -0.39 is 0 Å². The van der Waals surface area contributed by atoms with E-state index in [1.54, 1.807) is 29.2 Å².